The molecule has 5 nitrogen and oxygen atoms in total. The topological polar surface area (TPSA) is 94.8 Å². The second-order valence-corrected chi connectivity index (χ2v) is 7.95. The van der Waals surface area contributed by atoms with Gasteiger partial charge in [-0.1, -0.05) is 63.3 Å². The number of carbonyl (C=O) groups excluding carboxylic acids is 1. The Morgan fingerprint density at radius 1 is 1.18 bits per heavy atom. The van der Waals surface area contributed by atoms with Crippen LogP contribution < -0.4 is 0 Å². The SMILES string of the molecule is CCCCCCCC(O)/C=C\C1C(CO)CC(=O)C1C/C=C/CCCC(=O)O. The number of carboxylic acids is 1. The molecule has 1 rings (SSSR count). The van der Waals surface area contributed by atoms with Crippen molar-refractivity contribution in [2.45, 2.75) is 83.7 Å². The van der Waals surface area contributed by atoms with E-state index in [2.05, 4.69) is 6.92 Å². The highest BCUT2D eigenvalue weighted by Crippen LogP contribution is 2.37. The number of aliphatic hydroxyl groups excluding tert-OH is 2. The molecular weight excluding hydrogens is 356 g/mol. The van der Waals surface area contributed by atoms with Gasteiger partial charge in [0.1, 0.15) is 5.78 Å². The number of aliphatic hydroxyl groups is 2. The van der Waals surface area contributed by atoms with Crippen LogP contribution in [0.25, 0.3) is 0 Å². The molecule has 0 aromatic rings. The fourth-order valence-corrected chi connectivity index (χ4v) is 3.90. The van der Waals surface area contributed by atoms with Gasteiger partial charge in [0.05, 0.1) is 6.10 Å². The second-order valence-electron chi connectivity index (χ2n) is 7.95. The summed E-state index contributed by atoms with van der Waals surface area (Å²) in [5.41, 5.74) is 0. The summed E-state index contributed by atoms with van der Waals surface area (Å²) in [5.74, 6) is -0.917. The van der Waals surface area contributed by atoms with E-state index in [0.717, 1.165) is 19.3 Å². The van der Waals surface area contributed by atoms with Gasteiger partial charge in [-0.2, -0.15) is 0 Å². The Balaban J connectivity index is 2.50. The first-order chi connectivity index (χ1) is 13.5. The molecule has 0 aliphatic heterocycles. The molecule has 28 heavy (non-hydrogen) atoms. The van der Waals surface area contributed by atoms with Gasteiger partial charge in [0.15, 0.2) is 0 Å². The number of unbranched alkanes of at least 4 members (excludes halogenated alkanes) is 5. The highest BCUT2D eigenvalue weighted by atomic mass is 16.4. The van der Waals surface area contributed by atoms with Gasteiger partial charge in [-0.25, -0.2) is 0 Å². The highest BCUT2D eigenvalue weighted by molar-refractivity contribution is 5.84. The third-order valence-electron chi connectivity index (χ3n) is 5.60. The Labute approximate surface area is 169 Å². The average molecular weight is 395 g/mol. The molecule has 1 aliphatic rings. The van der Waals surface area contributed by atoms with Gasteiger partial charge >= 0.3 is 5.97 Å². The molecule has 0 aromatic carbocycles. The van der Waals surface area contributed by atoms with Gasteiger partial charge in [0.25, 0.3) is 0 Å². The van der Waals surface area contributed by atoms with Gasteiger partial charge in [0.2, 0.25) is 0 Å². The van der Waals surface area contributed by atoms with E-state index in [1.165, 1.54) is 19.3 Å². The summed E-state index contributed by atoms with van der Waals surface area (Å²) in [7, 11) is 0. The zero-order chi connectivity index (χ0) is 20.8. The normalized spacial score (nSPS) is 23.8. The molecule has 160 valence electrons. The Morgan fingerprint density at radius 3 is 2.61 bits per heavy atom. The molecule has 0 radical (unpaired) electrons. The summed E-state index contributed by atoms with van der Waals surface area (Å²) in [5, 5.41) is 28.5. The molecule has 0 heterocycles. The van der Waals surface area contributed by atoms with Crippen LogP contribution in [0, 0.1) is 17.8 Å². The molecule has 1 aliphatic carbocycles. The Hall–Kier alpha value is -1.46. The third-order valence-corrected chi connectivity index (χ3v) is 5.60. The van der Waals surface area contributed by atoms with Crippen molar-refractivity contribution in [3.05, 3.63) is 24.3 Å². The van der Waals surface area contributed by atoms with Crippen LogP contribution in [-0.4, -0.2) is 39.8 Å². The van der Waals surface area contributed by atoms with Gasteiger partial charge in [-0.3, -0.25) is 9.59 Å². The minimum atomic E-state index is -0.792. The minimum absolute atomic E-state index is 0.0211. The number of allylic oxidation sites excluding steroid dienone is 3. The van der Waals surface area contributed by atoms with E-state index in [4.69, 9.17) is 5.11 Å². The van der Waals surface area contributed by atoms with E-state index in [1.807, 2.05) is 18.2 Å². The molecule has 1 saturated carbocycles. The van der Waals surface area contributed by atoms with Crippen LogP contribution in [0.4, 0.5) is 0 Å². The summed E-state index contributed by atoms with van der Waals surface area (Å²) >= 11 is 0. The largest absolute Gasteiger partial charge is 0.481 e. The molecule has 3 N–H and O–H groups in total. The maximum absolute atomic E-state index is 12.4. The zero-order valence-electron chi connectivity index (χ0n) is 17.3. The molecule has 0 spiro atoms. The fourth-order valence-electron chi connectivity index (χ4n) is 3.90. The molecule has 0 amide bonds. The molecular formula is C23H38O5. The summed E-state index contributed by atoms with van der Waals surface area (Å²) in [6.07, 6.45) is 16.1. The van der Waals surface area contributed by atoms with Crippen LogP contribution in [0.2, 0.25) is 0 Å². The monoisotopic (exact) mass is 394 g/mol. The number of hydrogen-bond donors (Lipinski definition) is 3. The van der Waals surface area contributed by atoms with Crippen LogP contribution in [0.3, 0.4) is 0 Å². The van der Waals surface area contributed by atoms with E-state index >= 15 is 0 Å². The standard InChI is InChI=1S/C23H38O5/c1-2-3-4-5-8-11-19(25)14-15-20-18(17-24)16-22(26)21(20)12-9-6-7-10-13-23(27)28/h6,9,14-15,18-21,24-25H,2-5,7-8,10-13,16-17H2,1H3,(H,27,28)/b9-6+,15-14-. The molecule has 0 saturated heterocycles. The van der Waals surface area contributed by atoms with E-state index < -0.39 is 12.1 Å². The van der Waals surface area contributed by atoms with Crippen molar-refractivity contribution in [1.29, 1.82) is 0 Å². The van der Waals surface area contributed by atoms with Crippen molar-refractivity contribution in [3.63, 3.8) is 0 Å². The first-order valence-electron chi connectivity index (χ1n) is 10.9. The summed E-state index contributed by atoms with van der Waals surface area (Å²) < 4.78 is 0. The van der Waals surface area contributed by atoms with Gasteiger partial charge < -0.3 is 15.3 Å². The van der Waals surface area contributed by atoms with Crippen LogP contribution >= 0.6 is 0 Å². The van der Waals surface area contributed by atoms with Crippen LogP contribution in [0.1, 0.15) is 77.6 Å². The van der Waals surface area contributed by atoms with Gasteiger partial charge in [-0.05, 0) is 37.5 Å². The average Bonchev–Trinajstić information content (AvgIpc) is 2.97. The first kappa shape index (κ1) is 24.6. The quantitative estimate of drug-likeness (QED) is 0.285. The predicted molar refractivity (Wildman–Crippen MR) is 111 cm³/mol. The second kappa shape index (κ2) is 14.5. The minimum Gasteiger partial charge on any atom is -0.481 e. The molecule has 0 bridgehead atoms. The van der Waals surface area contributed by atoms with Crippen LogP contribution in [0.15, 0.2) is 24.3 Å². The summed E-state index contributed by atoms with van der Waals surface area (Å²) in [6.45, 7) is 2.16. The lowest BCUT2D eigenvalue weighted by Crippen LogP contribution is -2.18. The number of carboxylic acid groups (broad SMARTS) is 1. The third kappa shape index (κ3) is 9.65. The molecule has 4 unspecified atom stereocenters. The van der Waals surface area contributed by atoms with Crippen molar-refractivity contribution in [3.8, 4) is 0 Å². The number of ketones is 1. The van der Waals surface area contributed by atoms with Crippen molar-refractivity contribution in [1.82, 2.24) is 0 Å². The smallest absolute Gasteiger partial charge is 0.303 e. The Bertz CT molecular complexity index is 511. The van der Waals surface area contributed by atoms with Gasteiger partial charge in [-0.15, -0.1) is 0 Å². The van der Waals surface area contributed by atoms with Gasteiger partial charge in [0, 0.05) is 25.4 Å². The van der Waals surface area contributed by atoms with Crippen molar-refractivity contribution >= 4 is 11.8 Å². The number of carbonyl (C=O) groups is 2. The molecule has 4 atom stereocenters. The number of aliphatic carboxylic acids is 1. The lowest BCUT2D eigenvalue weighted by atomic mass is 9.86. The van der Waals surface area contributed by atoms with Crippen LogP contribution in [0.5, 0.6) is 0 Å². The van der Waals surface area contributed by atoms with E-state index in [1.54, 1.807) is 6.08 Å². The number of rotatable bonds is 15. The lowest BCUT2D eigenvalue weighted by Gasteiger charge is -2.19. The van der Waals surface area contributed by atoms with E-state index in [-0.39, 0.29) is 36.6 Å². The summed E-state index contributed by atoms with van der Waals surface area (Å²) in [6, 6.07) is 0. The predicted octanol–water partition coefficient (Wildman–Crippen LogP) is 4.28. The number of hydrogen-bond acceptors (Lipinski definition) is 4. The van der Waals surface area contributed by atoms with E-state index in [0.29, 0.717) is 25.7 Å². The maximum atomic E-state index is 12.4. The Kier molecular flexibility index (Phi) is 12.8. The van der Waals surface area contributed by atoms with Crippen molar-refractivity contribution < 1.29 is 24.9 Å². The zero-order valence-corrected chi connectivity index (χ0v) is 17.3. The molecule has 0 aromatic heterocycles. The van der Waals surface area contributed by atoms with Crippen LogP contribution in [-0.2, 0) is 9.59 Å². The Morgan fingerprint density at radius 2 is 1.93 bits per heavy atom. The molecule has 5 heteroatoms. The van der Waals surface area contributed by atoms with Crippen molar-refractivity contribution in [2.75, 3.05) is 6.61 Å². The number of Topliss-reactive ketones (excluding diaryl/α,β-unsaturated/α-hetero) is 1. The lowest BCUT2D eigenvalue weighted by molar-refractivity contribution is -0.137. The first-order valence-corrected chi connectivity index (χ1v) is 10.9. The fraction of sp³-hybridized carbons (Fsp3) is 0.739. The highest BCUT2D eigenvalue weighted by Gasteiger charge is 2.39. The maximum Gasteiger partial charge on any atom is 0.303 e. The van der Waals surface area contributed by atoms with E-state index in [9.17, 15) is 19.8 Å². The van der Waals surface area contributed by atoms with Crippen molar-refractivity contribution in [2.24, 2.45) is 17.8 Å². The molecule has 1 fully saturated rings. The summed E-state index contributed by atoms with van der Waals surface area (Å²) in [4.78, 5) is 22.9.